The molecular weight excluding hydrogens is 622 g/mol. The highest BCUT2D eigenvalue weighted by Gasteiger charge is 2.38. The predicted octanol–water partition coefficient (Wildman–Crippen LogP) is 5.34. The number of ether oxygens (including phenoxy) is 2. The molecule has 0 radical (unpaired) electrons. The molecule has 2 heterocycles. The molecule has 2 aromatic carbocycles. The number of nitrogens with zero attached hydrogens (tertiary/aromatic N) is 2. The first-order chi connectivity index (χ1) is 20.5. The highest BCUT2D eigenvalue weighted by molar-refractivity contribution is 7.90. The van der Waals surface area contributed by atoms with Crippen LogP contribution in [0.15, 0.2) is 59.6 Å². The quantitative estimate of drug-likeness (QED) is 0.275. The lowest BCUT2D eigenvalue weighted by Gasteiger charge is -2.29. The zero-order valence-corrected chi connectivity index (χ0v) is 24.1. The highest BCUT2D eigenvalue weighted by Crippen LogP contribution is 2.37. The molecule has 1 aromatic heterocycles. The van der Waals surface area contributed by atoms with Gasteiger partial charge in [0.25, 0.3) is 0 Å². The summed E-state index contributed by atoms with van der Waals surface area (Å²) < 4.78 is 107. The lowest BCUT2D eigenvalue weighted by molar-refractivity contribution is -0.192. The van der Waals surface area contributed by atoms with Crippen molar-refractivity contribution in [2.24, 2.45) is 0 Å². The smallest absolute Gasteiger partial charge is 0.490 e. The number of benzene rings is 2. The van der Waals surface area contributed by atoms with Crippen molar-refractivity contribution in [1.82, 2.24) is 4.98 Å². The van der Waals surface area contributed by atoms with Crippen molar-refractivity contribution >= 4 is 38.7 Å². The van der Waals surface area contributed by atoms with Crippen molar-refractivity contribution in [2.45, 2.75) is 23.8 Å². The number of rotatable bonds is 8. The van der Waals surface area contributed by atoms with E-state index < -0.39 is 33.7 Å². The number of carboxylic acids is 1. The minimum absolute atomic E-state index is 0.0221. The van der Waals surface area contributed by atoms with Gasteiger partial charge in [-0.15, -0.1) is 0 Å². The van der Waals surface area contributed by atoms with Gasteiger partial charge in [0.05, 0.1) is 42.2 Å². The molecule has 240 valence electrons. The third-order valence-electron chi connectivity index (χ3n) is 6.08. The zero-order chi connectivity index (χ0) is 32.7. The molecule has 1 aliphatic heterocycles. The number of aliphatic carboxylic acids is 1. The fourth-order valence-corrected chi connectivity index (χ4v) is 4.62. The van der Waals surface area contributed by atoms with E-state index in [4.69, 9.17) is 19.4 Å². The molecule has 0 saturated carbocycles. The molecule has 0 bridgehead atoms. The third-order valence-corrected chi connectivity index (χ3v) is 7.19. The Morgan fingerprint density at radius 3 is 2.27 bits per heavy atom. The van der Waals surface area contributed by atoms with Crippen LogP contribution in [0.25, 0.3) is 0 Å². The van der Waals surface area contributed by atoms with Gasteiger partial charge in [0, 0.05) is 43.8 Å². The molecule has 0 amide bonds. The minimum Gasteiger partial charge on any atom is -0.495 e. The molecule has 44 heavy (non-hydrogen) atoms. The van der Waals surface area contributed by atoms with Crippen molar-refractivity contribution in [2.75, 3.05) is 55.2 Å². The molecule has 0 atom stereocenters. The molecule has 0 unspecified atom stereocenters. The van der Waals surface area contributed by atoms with Crippen LogP contribution in [-0.2, 0) is 32.1 Å². The van der Waals surface area contributed by atoms with E-state index in [2.05, 4.69) is 20.5 Å². The number of methoxy groups -OCH3 is 1. The van der Waals surface area contributed by atoms with Crippen LogP contribution in [0.4, 0.5) is 49.2 Å². The van der Waals surface area contributed by atoms with Crippen LogP contribution < -0.4 is 20.3 Å². The third kappa shape index (κ3) is 9.63. The van der Waals surface area contributed by atoms with E-state index >= 15 is 0 Å². The summed E-state index contributed by atoms with van der Waals surface area (Å²) >= 11 is 0. The summed E-state index contributed by atoms with van der Waals surface area (Å²) in [5.41, 5.74) is 0.847. The molecule has 3 N–H and O–H groups in total. The largest absolute Gasteiger partial charge is 0.495 e. The summed E-state index contributed by atoms with van der Waals surface area (Å²) in [5, 5.41) is 13.0. The standard InChI is InChI=1S/C25H27F3N4O4S.C2HF3O2/c1-35-23-7-6-18(32-8-10-36-11-9-32)13-22(23)31-24-14-21(20(16-30-24)25(26,27)28)29-15-17-4-3-5-19(12-17)37(2,33)34;3-2(4,5)1(6)7/h3-7,12-14,16H,8-11,15H2,1-2H3,(H2,29,30,31);(H,6,7). The Hall–Kier alpha value is -4.25. The summed E-state index contributed by atoms with van der Waals surface area (Å²) in [4.78, 5) is 15.1. The SMILES string of the molecule is COc1ccc(N2CCOCC2)cc1Nc1cc(NCc2cccc(S(C)(=O)=O)c2)c(C(F)(F)F)cn1.O=C(O)C(F)(F)F. The van der Waals surface area contributed by atoms with Gasteiger partial charge in [-0.05, 0) is 35.9 Å². The lowest BCUT2D eigenvalue weighted by Crippen LogP contribution is -2.36. The molecule has 10 nitrogen and oxygen atoms in total. The summed E-state index contributed by atoms with van der Waals surface area (Å²) in [5.74, 6) is -2.07. The van der Waals surface area contributed by atoms with Crippen LogP contribution in [-0.4, -0.2) is 70.3 Å². The number of pyridine rings is 1. The fourth-order valence-electron chi connectivity index (χ4n) is 3.93. The van der Waals surface area contributed by atoms with Crippen molar-refractivity contribution in [1.29, 1.82) is 0 Å². The average molecular weight is 651 g/mol. The number of anilines is 4. The number of alkyl halides is 6. The summed E-state index contributed by atoms with van der Waals surface area (Å²) in [7, 11) is -1.94. The molecular formula is C27H28F6N4O6S. The number of hydrogen-bond acceptors (Lipinski definition) is 9. The van der Waals surface area contributed by atoms with Crippen LogP contribution in [0, 0.1) is 0 Å². The van der Waals surface area contributed by atoms with Gasteiger partial charge in [-0.2, -0.15) is 26.3 Å². The summed E-state index contributed by atoms with van der Waals surface area (Å²) in [6, 6.07) is 12.9. The molecule has 1 saturated heterocycles. The Bertz CT molecular complexity index is 1560. The number of hydrogen-bond donors (Lipinski definition) is 3. The van der Waals surface area contributed by atoms with Crippen molar-refractivity contribution in [3.63, 3.8) is 0 Å². The average Bonchev–Trinajstić information content (AvgIpc) is 2.95. The van der Waals surface area contributed by atoms with E-state index in [-0.39, 0.29) is 22.9 Å². The van der Waals surface area contributed by atoms with Gasteiger partial charge < -0.3 is 30.1 Å². The number of aromatic nitrogens is 1. The Kier molecular flexibility index (Phi) is 10.9. The van der Waals surface area contributed by atoms with Crippen LogP contribution >= 0.6 is 0 Å². The maximum Gasteiger partial charge on any atom is 0.490 e. The molecule has 17 heteroatoms. The number of carbonyl (C=O) groups is 1. The van der Waals surface area contributed by atoms with Crippen molar-refractivity contribution in [3.8, 4) is 5.75 Å². The Balaban J connectivity index is 0.000000676. The first-order valence-electron chi connectivity index (χ1n) is 12.7. The second-order valence-electron chi connectivity index (χ2n) is 9.30. The lowest BCUT2D eigenvalue weighted by atomic mass is 10.2. The van der Waals surface area contributed by atoms with Crippen LogP contribution in [0.3, 0.4) is 0 Å². The molecule has 1 aliphatic rings. The highest BCUT2D eigenvalue weighted by atomic mass is 32.2. The van der Waals surface area contributed by atoms with Gasteiger partial charge in [-0.3, -0.25) is 0 Å². The van der Waals surface area contributed by atoms with Gasteiger partial charge in [0.15, 0.2) is 9.84 Å². The Morgan fingerprint density at radius 1 is 1.05 bits per heavy atom. The van der Waals surface area contributed by atoms with Gasteiger partial charge in [0.2, 0.25) is 0 Å². The second-order valence-corrected chi connectivity index (χ2v) is 11.3. The summed E-state index contributed by atoms with van der Waals surface area (Å²) in [6.07, 6.45) is -7.89. The number of nitrogens with one attached hydrogen (secondary N) is 2. The molecule has 4 rings (SSSR count). The number of carboxylic acid groups (broad SMARTS) is 1. The number of morpholine rings is 1. The molecule has 1 fully saturated rings. The maximum absolute atomic E-state index is 13.7. The van der Waals surface area contributed by atoms with Crippen LogP contribution in [0.2, 0.25) is 0 Å². The zero-order valence-electron chi connectivity index (χ0n) is 23.3. The van der Waals surface area contributed by atoms with E-state index in [9.17, 15) is 34.8 Å². The number of sulfone groups is 1. The first kappa shape index (κ1) is 34.2. The predicted molar refractivity (Wildman–Crippen MR) is 149 cm³/mol. The van der Waals surface area contributed by atoms with Crippen molar-refractivity contribution in [3.05, 3.63) is 65.9 Å². The minimum atomic E-state index is -5.08. The molecule has 0 spiro atoms. The maximum atomic E-state index is 13.7. The van der Waals surface area contributed by atoms with Crippen molar-refractivity contribution < 1.29 is 54.1 Å². The Morgan fingerprint density at radius 2 is 1.70 bits per heavy atom. The monoisotopic (exact) mass is 650 g/mol. The van der Waals surface area contributed by atoms with Gasteiger partial charge >= 0.3 is 18.3 Å². The Labute approximate surface area is 248 Å². The van der Waals surface area contributed by atoms with E-state index in [1.807, 2.05) is 12.1 Å². The fraction of sp³-hybridized carbons (Fsp3) is 0.333. The van der Waals surface area contributed by atoms with Crippen LogP contribution in [0.5, 0.6) is 5.75 Å². The topological polar surface area (TPSA) is 130 Å². The van der Waals surface area contributed by atoms with E-state index in [0.717, 1.165) is 31.2 Å². The van der Waals surface area contributed by atoms with E-state index in [1.165, 1.54) is 25.3 Å². The molecule has 0 aliphatic carbocycles. The normalized spacial score (nSPS) is 13.9. The van der Waals surface area contributed by atoms with Gasteiger partial charge in [-0.1, -0.05) is 12.1 Å². The van der Waals surface area contributed by atoms with Gasteiger partial charge in [-0.25, -0.2) is 18.2 Å². The molecule has 3 aromatic rings. The first-order valence-corrected chi connectivity index (χ1v) is 14.6. The van der Waals surface area contributed by atoms with Crippen LogP contribution in [0.1, 0.15) is 11.1 Å². The van der Waals surface area contributed by atoms with E-state index in [0.29, 0.717) is 30.2 Å². The number of halogens is 6. The summed E-state index contributed by atoms with van der Waals surface area (Å²) in [6.45, 7) is 2.64. The van der Waals surface area contributed by atoms with Gasteiger partial charge in [0.1, 0.15) is 11.6 Å². The van der Waals surface area contributed by atoms with E-state index in [1.54, 1.807) is 18.2 Å². The second kappa shape index (κ2) is 14.0.